The molecule has 0 saturated heterocycles. The molecule has 3 N–H and O–H groups in total. The molecule has 1 aromatic heterocycles. The van der Waals surface area contributed by atoms with E-state index in [2.05, 4.69) is 9.71 Å². The van der Waals surface area contributed by atoms with Crippen molar-refractivity contribution in [3.05, 3.63) is 12.0 Å². The molecule has 7 heteroatoms. The molecule has 1 unspecified atom stereocenters. The van der Waals surface area contributed by atoms with Gasteiger partial charge in [-0.2, -0.15) is 0 Å². The third-order valence-electron chi connectivity index (χ3n) is 2.46. The van der Waals surface area contributed by atoms with Gasteiger partial charge in [-0.3, -0.25) is 0 Å². The second kappa shape index (κ2) is 4.94. The van der Waals surface area contributed by atoms with Crippen LogP contribution >= 0.6 is 0 Å². The number of aryl methyl sites for hydroxylation is 2. The van der Waals surface area contributed by atoms with Gasteiger partial charge in [-0.1, -0.05) is 6.92 Å². The standard InChI is InChI=1S/C9H18N4O2S/c1-4-8(5-10)12-16(14,15)9-6-13(3)7(2)11-9/h6,8,12H,4-5,10H2,1-3H3. The van der Waals surface area contributed by atoms with Crippen LogP contribution in [0.1, 0.15) is 19.2 Å². The molecule has 1 atom stereocenters. The summed E-state index contributed by atoms with van der Waals surface area (Å²) in [4.78, 5) is 3.98. The van der Waals surface area contributed by atoms with Crippen molar-refractivity contribution in [2.45, 2.75) is 31.3 Å². The van der Waals surface area contributed by atoms with Gasteiger partial charge in [0.15, 0.2) is 5.03 Å². The lowest BCUT2D eigenvalue weighted by Crippen LogP contribution is -2.39. The zero-order valence-electron chi connectivity index (χ0n) is 9.77. The Morgan fingerprint density at radius 1 is 1.62 bits per heavy atom. The second-order valence-electron chi connectivity index (χ2n) is 3.70. The molecular formula is C9H18N4O2S. The van der Waals surface area contributed by atoms with E-state index in [1.807, 2.05) is 6.92 Å². The van der Waals surface area contributed by atoms with Crippen molar-refractivity contribution in [2.24, 2.45) is 12.8 Å². The van der Waals surface area contributed by atoms with Gasteiger partial charge < -0.3 is 10.3 Å². The predicted octanol–water partition coefficient (Wildman–Crippen LogP) is -0.256. The predicted molar refractivity (Wildman–Crippen MR) is 61.4 cm³/mol. The summed E-state index contributed by atoms with van der Waals surface area (Å²) in [5, 5.41) is 0.0411. The molecule has 0 aliphatic rings. The zero-order chi connectivity index (χ0) is 12.3. The summed E-state index contributed by atoms with van der Waals surface area (Å²) < 4.78 is 28.0. The lowest BCUT2D eigenvalue weighted by Gasteiger charge is -2.13. The van der Waals surface area contributed by atoms with E-state index in [9.17, 15) is 8.42 Å². The van der Waals surface area contributed by atoms with Gasteiger partial charge in [-0.15, -0.1) is 0 Å². The van der Waals surface area contributed by atoms with Crippen LogP contribution in [0.2, 0.25) is 0 Å². The van der Waals surface area contributed by atoms with E-state index < -0.39 is 10.0 Å². The fourth-order valence-corrected chi connectivity index (χ4v) is 2.61. The number of rotatable bonds is 5. The van der Waals surface area contributed by atoms with Crippen molar-refractivity contribution in [1.82, 2.24) is 14.3 Å². The van der Waals surface area contributed by atoms with Crippen molar-refractivity contribution < 1.29 is 8.42 Å². The first-order chi connectivity index (χ1) is 7.40. The van der Waals surface area contributed by atoms with E-state index in [1.54, 1.807) is 18.5 Å². The molecule has 92 valence electrons. The topological polar surface area (TPSA) is 90.0 Å². The largest absolute Gasteiger partial charge is 0.337 e. The Labute approximate surface area is 95.9 Å². The van der Waals surface area contributed by atoms with Crippen LogP contribution in [0.15, 0.2) is 11.2 Å². The van der Waals surface area contributed by atoms with Crippen LogP contribution in [-0.2, 0) is 17.1 Å². The van der Waals surface area contributed by atoms with Crippen LogP contribution in [0.4, 0.5) is 0 Å². The SMILES string of the molecule is CCC(CN)NS(=O)(=O)c1cn(C)c(C)n1. The molecular weight excluding hydrogens is 228 g/mol. The molecule has 0 amide bonds. The van der Waals surface area contributed by atoms with E-state index >= 15 is 0 Å². The molecule has 0 aliphatic carbocycles. The molecule has 0 radical (unpaired) electrons. The van der Waals surface area contributed by atoms with Gasteiger partial charge in [0, 0.05) is 25.8 Å². The van der Waals surface area contributed by atoms with Crippen molar-refractivity contribution in [3.63, 3.8) is 0 Å². The lowest BCUT2D eigenvalue weighted by molar-refractivity contribution is 0.540. The first-order valence-electron chi connectivity index (χ1n) is 5.13. The molecule has 1 heterocycles. The van der Waals surface area contributed by atoms with Crippen LogP contribution in [0.3, 0.4) is 0 Å². The lowest BCUT2D eigenvalue weighted by atomic mass is 10.2. The maximum Gasteiger partial charge on any atom is 0.259 e. The summed E-state index contributed by atoms with van der Waals surface area (Å²) in [6, 6.07) is -0.243. The number of aromatic nitrogens is 2. The van der Waals surface area contributed by atoms with E-state index in [1.165, 1.54) is 6.20 Å². The quantitative estimate of drug-likeness (QED) is 0.749. The van der Waals surface area contributed by atoms with Crippen molar-refractivity contribution >= 4 is 10.0 Å². The number of nitrogens with two attached hydrogens (primary N) is 1. The maximum atomic E-state index is 11.9. The Hall–Kier alpha value is -0.920. The minimum atomic E-state index is -3.55. The fourth-order valence-electron chi connectivity index (χ4n) is 1.23. The highest BCUT2D eigenvalue weighted by atomic mass is 32.2. The van der Waals surface area contributed by atoms with E-state index in [4.69, 9.17) is 5.73 Å². The number of nitrogens with one attached hydrogen (secondary N) is 1. The number of nitrogens with zero attached hydrogens (tertiary/aromatic N) is 2. The number of sulfonamides is 1. The Morgan fingerprint density at radius 3 is 2.62 bits per heavy atom. The zero-order valence-corrected chi connectivity index (χ0v) is 10.6. The van der Waals surface area contributed by atoms with E-state index in [-0.39, 0.29) is 17.6 Å². The molecule has 6 nitrogen and oxygen atoms in total. The van der Waals surface area contributed by atoms with E-state index in [0.29, 0.717) is 12.2 Å². The molecule has 1 aromatic rings. The van der Waals surface area contributed by atoms with Crippen molar-refractivity contribution in [1.29, 1.82) is 0 Å². The van der Waals surface area contributed by atoms with Gasteiger partial charge in [-0.05, 0) is 13.3 Å². The van der Waals surface area contributed by atoms with E-state index in [0.717, 1.165) is 0 Å². The minimum Gasteiger partial charge on any atom is -0.337 e. The minimum absolute atomic E-state index is 0.0411. The van der Waals surface area contributed by atoms with Crippen molar-refractivity contribution in [2.75, 3.05) is 6.54 Å². The summed E-state index contributed by atoms with van der Waals surface area (Å²) in [5.41, 5.74) is 5.45. The molecule has 16 heavy (non-hydrogen) atoms. The van der Waals surface area contributed by atoms with Crippen LogP contribution in [0, 0.1) is 6.92 Å². The molecule has 1 rings (SSSR count). The fraction of sp³-hybridized carbons (Fsp3) is 0.667. The highest BCUT2D eigenvalue weighted by molar-refractivity contribution is 7.89. The summed E-state index contributed by atoms with van der Waals surface area (Å²) in [5.74, 6) is 0.654. The number of imidazole rings is 1. The van der Waals surface area contributed by atoms with Crippen LogP contribution in [0.5, 0.6) is 0 Å². The Balaban J connectivity index is 2.94. The Bertz CT molecular complexity index is 429. The van der Waals surface area contributed by atoms with Crippen LogP contribution < -0.4 is 10.5 Å². The molecule has 0 saturated carbocycles. The number of hydrogen-bond donors (Lipinski definition) is 2. The average molecular weight is 246 g/mol. The smallest absolute Gasteiger partial charge is 0.259 e. The summed E-state index contributed by atoms with van der Waals surface area (Å²) in [7, 11) is -1.80. The Morgan fingerprint density at radius 2 is 2.25 bits per heavy atom. The summed E-state index contributed by atoms with van der Waals surface area (Å²) in [6.45, 7) is 3.91. The van der Waals surface area contributed by atoms with Crippen molar-refractivity contribution in [3.8, 4) is 0 Å². The normalized spacial score (nSPS) is 14.0. The molecule has 0 aromatic carbocycles. The maximum absolute atomic E-state index is 11.9. The van der Waals surface area contributed by atoms with Gasteiger partial charge >= 0.3 is 0 Å². The van der Waals surface area contributed by atoms with Gasteiger partial charge in [0.05, 0.1) is 0 Å². The second-order valence-corrected chi connectivity index (χ2v) is 5.36. The highest BCUT2D eigenvalue weighted by Crippen LogP contribution is 2.08. The van der Waals surface area contributed by atoms with Gasteiger partial charge in [0.2, 0.25) is 0 Å². The average Bonchev–Trinajstić information content (AvgIpc) is 2.56. The molecule has 0 spiro atoms. The third kappa shape index (κ3) is 2.81. The molecule has 0 aliphatic heterocycles. The van der Waals surface area contributed by atoms with Crippen LogP contribution in [-0.4, -0.2) is 30.6 Å². The molecule has 0 fully saturated rings. The molecule has 0 bridgehead atoms. The summed E-state index contributed by atoms with van der Waals surface area (Å²) >= 11 is 0. The monoisotopic (exact) mass is 246 g/mol. The third-order valence-corrected chi connectivity index (χ3v) is 3.85. The summed E-state index contributed by atoms with van der Waals surface area (Å²) in [6.07, 6.45) is 2.14. The number of hydrogen-bond acceptors (Lipinski definition) is 4. The van der Waals surface area contributed by atoms with Gasteiger partial charge in [-0.25, -0.2) is 18.1 Å². The first kappa shape index (κ1) is 13.1. The Kier molecular flexibility index (Phi) is 4.06. The van der Waals surface area contributed by atoms with Gasteiger partial charge in [0.1, 0.15) is 5.82 Å². The van der Waals surface area contributed by atoms with Gasteiger partial charge in [0.25, 0.3) is 10.0 Å². The highest BCUT2D eigenvalue weighted by Gasteiger charge is 2.21. The van der Waals surface area contributed by atoms with Crippen LogP contribution in [0.25, 0.3) is 0 Å². The first-order valence-corrected chi connectivity index (χ1v) is 6.61.